The molecule has 0 aliphatic carbocycles. The Morgan fingerprint density at radius 2 is 1.90 bits per heavy atom. The van der Waals surface area contributed by atoms with Crippen LogP contribution in [0.25, 0.3) is 0 Å². The first-order valence-corrected chi connectivity index (χ1v) is 9.10. The Kier molecular flexibility index (Phi) is 6.71. The fourth-order valence-electron chi connectivity index (χ4n) is 2.53. The van der Waals surface area contributed by atoms with E-state index < -0.39 is 5.97 Å². The van der Waals surface area contributed by atoms with Gasteiger partial charge in [-0.1, -0.05) is 29.8 Å². The third kappa shape index (κ3) is 5.73. The van der Waals surface area contributed by atoms with E-state index in [2.05, 4.69) is 10.5 Å². The quantitative estimate of drug-likeness (QED) is 0.400. The maximum Gasteiger partial charge on any atom is 0.335 e. The molecule has 0 aromatic heterocycles. The van der Waals surface area contributed by atoms with E-state index in [0.29, 0.717) is 28.8 Å². The minimum atomic E-state index is -0.989. The number of halogens is 1. The summed E-state index contributed by atoms with van der Waals surface area (Å²) in [5, 5.41) is 13.8. The topological polar surface area (TPSA) is 80.2 Å². The van der Waals surface area contributed by atoms with Gasteiger partial charge in [0.1, 0.15) is 6.61 Å². The van der Waals surface area contributed by atoms with Gasteiger partial charge in [0.05, 0.1) is 24.6 Å². The van der Waals surface area contributed by atoms with Crippen LogP contribution in [0, 0.1) is 0 Å². The third-order valence-electron chi connectivity index (χ3n) is 4.01. The molecule has 0 unspecified atom stereocenters. The van der Waals surface area contributed by atoms with Crippen LogP contribution in [0.4, 0.5) is 5.69 Å². The molecule has 3 rings (SSSR count). The molecule has 0 amide bonds. The van der Waals surface area contributed by atoms with Crippen LogP contribution in [-0.2, 0) is 6.61 Å². The summed E-state index contributed by atoms with van der Waals surface area (Å²) in [6.45, 7) is 0.391. The normalized spacial score (nSPS) is 10.7. The number of methoxy groups -OCH3 is 1. The highest BCUT2D eigenvalue weighted by atomic mass is 35.5. The third-order valence-corrected chi connectivity index (χ3v) is 4.26. The summed E-state index contributed by atoms with van der Waals surface area (Å²) in [6.07, 6.45) is 1.61. The van der Waals surface area contributed by atoms with Gasteiger partial charge in [0.2, 0.25) is 0 Å². The van der Waals surface area contributed by atoms with Crippen molar-refractivity contribution < 1.29 is 19.4 Å². The molecule has 0 aliphatic rings. The zero-order valence-electron chi connectivity index (χ0n) is 15.6. The first-order valence-electron chi connectivity index (χ1n) is 8.73. The van der Waals surface area contributed by atoms with Crippen LogP contribution in [0.1, 0.15) is 21.5 Å². The number of hydrazone groups is 1. The lowest BCUT2D eigenvalue weighted by molar-refractivity contribution is 0.0697. The number of anilines is 1. The molecule has 6 nitrogen and oxygen atoms in total. The molecule has 0 atom stereocenters. The minimum Gasteiger partial charge on any atom is -0.493 e. The highest BCUT2D eigenvalue weighted by Crippen LogP contribution is 2.28. The molecule has 0 aliphatic heterocycles. The average Bonchev–Trinajstić information content (AvgIpc) is 2.74. The lowest BCUT2D eigenvalue weighted by Crippen LogP contribution is -1.99. The first kappa shape index (κ1) is 20.2. The van der Waals surface area contributed by atoms with Crippen molar-refractivity contribution in [3.63, 3.8) is 0 Å². The molecule has 7 heteroatoms. The number of nitrogens with one attached hydrogen (secondary N) is 1. The second-order valence-electron chi connectivity index (χ2n) is 6.08. The van der Waals surface area contributed by atoms with Crippen LogP contribution in [0.15, 0.2) is 71.8 Å². The van der Waals surface area contributed by atoms with Gasteiger partial charge in [-0.15, -0.1) is 0 Å². The Morgan fingerprint density at radius 1 is 1.10 bits per heavy atom. The molecule has 0 saturated carbocycles. The van der Waals surface area contributed by atoms with Gasteiger partial charge in [-0.2, -0.15) is 5.10 Å². The number of carboxylic acids is 1. The summed E-state index contributed by atoms with van der Waals surface area (Å²) in [5.74, 6) is 0.203. The van der Waals surface area contributed by atoms with E-state index in [1.54, 1.807) is 37.6 Å². The number of carbonyl (C=O) groups is 1. The Bertz CT molecular complexity index is 1020. The molecule has 2 N–H and O–H groups in total. The predicted molar refractivity (Wildman–Crippen MR) is 113 cm³/mol. The monoisotopic (exact) mass is 410 g/mol. The Balaban J connectivity index is 1.64. The maximum atomic E-state index is 11.0. The number of aromatic carboxylic acids is 1. The molecule has 0 radical (unpaired) electrons. The van der Waals surface area contributed by atoms with Crippen LogP contribution in [-0.4, -0.2) is 24.4 Å². The Labute approximate surface area is 173 Å². The number of rotatable bonds is 8. The molecule has 0 bridgehead atoms. The van der Waals surface area contributed by atoms with Crippen LogP contribution in [0.2, 0.25) is 5.02 Å². The van der Waals surface area contributed by atoms with E-state index in [9.17, 15) is 4.79 Å². The Hall–Kier alpha value is -3.51. The smallest absolute Gasteiger partial charge is 0.335 e. The second-order valence-corrected chi connectivity index (χ2v) is 6.52. The standard InChI is InChI=1S/C22H19ClN2O4/c1-28-21-11-16(13-24-25-19-4-2-3-17(12-19)22(26)27)7-10-20(21)29-14-15-5-8-18(23)9-6-15/h2-13,25H,14H2,1H3,(H,26,27). The van der Waals surface area contributed by atoms with E-state index in [4.69, 9.17) is 26.2 Å². The van der Waals surface area contributed by atoms with Gasteiger partial charge in [0, 0.05) is 5.02 Å². The van der Waals surface area contributed by atoms with E-state index in [1.807, 2.05) is 30.3 Å². The fraction of sp³-hybridized carbons (Fsp3) is 0.0909. The highest BCUT2D eigenvalue weighted by Gasteiger charge is 2.06. The minimum absolute atomic E-state index is 0.189. The van der Waals surface area contributed by atoms with Crippen molar-refractivity contribution in [2.45, 2.75) is 6.61 Å². The molecular formula is C22H19ClN2O4. The largest absolute Gasteiger partial charge is 0.493 e. The van der Waals surface area contributed by atoms with Crippen molar-refractivity contribution in [3.05, 3.63) is 88.4 Å². The molecular weight excluding hydrogens is 392 g/mol. The number of ether oxygens (including phenoxy) is 2. The maximum absolute atomic E-state index is 11.0. The number of hydrogen-bond acceptors (Lipinski definition) is 5. The molecule has 148 valence electrons. The molecule has 3 aromatic carbocycles. The van der Waals surface area contributed by atoms with E-state index in [0.717, 1.165) is 11.1 Å². The zero-order valence-corrected chi connectivity index (χ0v) is 16.4. The van der Waals surface area contributed by atoms with Crippen LogP contribution >= 0.6 is 11.6 Å². The summed E-state index contributed by atoms with van der Waals surface area (Å²) in [6, 6.07) is 19.3. The van der Waals surface area contributed by atoms with Crippen molar-refractivity contribution in [1.82, 2.24) is 0 Å². The number of nitrogens with zero attached hydrogens (tertiary/aromatic N) is 1. The van der Waals surface area contributed by atoms with Crippen molar-refractivity contribution in [1.29, 1.82) is 0 Å². The van der Waals surface area contributed by atoms with Gasteiger partial charge < -0.3 is 14.6 Å². The van der Waals surface area contributed by atoms with Crippen molar-refractivity contribution in [3.8, 4) is 11.5 Å². The summed E-state index contributed by atoms with van der Waals surface area (Å²) in [7, 11) is 1.57. The van der Waals surface area contributed by atoms with Crippen LogP contribution in [0.3, 0.4) is 0 Å². The average molecular weight is 411 g/mol. The number of hydrogen-bond donors (Lipinski definition) is 2. The molecule has 0 heterocycles. The second kappa shape index (κ2) is 9.61. The summed E-state index contributed by atoms with van der Waals surface area (Å²) in [4.78, 5) is 11.0. The molecule has 0 spiro atoms. The molecule has 0 saturated heterocycles. The lowest BCUT2D eigenvalue weighted by atomic mass is 10.2. The lowest BCUT2D eigenvalue weighted by Gasteiger charge is -2.11. The van der Waals surface area contributed by atoms with Crippen molar-refractivity contribution in [2.24, 2.45) is 5.10 Å². The summed E-state index contributed by atoms with van der Waals surface area (Å²) >= 11 is 5.89. The Morgan fingerprint density at radius 3 is 2.62 bits per heavy atom. The predicted octanol–water partition coefficient (Wildman–Crippen LogP) is 5.07. The van der Waals surface area contributed by atoms with E-state index in [-0.39, 0.29) is 5.56 Å². The molecule has 3 aromatic rings. The number of benzene rings is 3. The van der Waals surface area contributed by atoms with Crippen LogP contribution in [0.5, 0.6) is 11.5 Å². The fourth-order valence-corrected chi connectivity index (χ4v) is 2.65. The van der Waals surface area contributed by atoms with Gasteiger partial charge >= 0.3 is 5.97 Å². The van der Waals surface area contributed by atoms with Crippen molar-refractivity contribution in [2.75, 3.05) is 12.5 Å². The van der Waals surface area contributed by atoms with Gasteiger partial charge in [-0.25, -0.2) is 4.79 Å². The van der Waals surface area contributed by atoms with Crippen LogP contribution < -0.4 is 14.9 Å². The SMILES string of the molecule is COc1cc(C=NNc2cccc(C(=O)O)c2)ccc1OCc1ccc(Cl)cc1. The first-order chi connectivity index (χ1) is 14.0. The summed E-state index contributed by atoms with van der Waals surface area (Å²) in [5.41, 5.74) is 5.37. The zero-order chi connectivity index (χ0) is 20.6. The van der Waals surface area contributed by atoms with E-state index >= 15 is 0 Å². The molecule has 29 heavy (non-hydrogen) atoms. The van der Waals surface area contributed by atoms with Crippen molar-refractivity contribution >= 4 is 29.5 Å². The van der Waals surface area contributed by atoms with Gasteiger partial charge in [-0.3, -0.25) is 5.43 Å². The summed E-state index contributed by atoms with van der Waals surface area (Å²) < 4.78 is 11.2. The van der Waals surface area contributed by atoms with Gasteiger partial charge in [0.15, 0.2) is 11.5 Å². The van der Waals surface area contributed by atoms with Gasteiger partial charge in [0.25, 0.3) is 0 Å². The highest BCUT2D eigenvalue weighted by molar-refractivity contribution is 6.30. The number of carboxylic acid groups (broad SMARTS) is 1. The van der Waals surface area contributed by atoms with Gasteiger partial charge in [-0.05, 0) is 59.7 Å². The van der Waals surface area contributed by atoms with E-state index in [1.165, 1.54) is 12.1 Å². The molecule has 0 fully saturated rings.